The van der Waals surface area contributed by atoms with E-state index >= 15 is 0 Å². The number of carbonyl (C=O) groups is 3. The molecule has 0 amide bonds. The summed E-state index contributed by atoms with van der Waals surface area (Å²) in [7, 11) is 0. The molecule has 0 rings (SSSR count). The van der Waals surface area contributed by atoms with E-state index < -0.39 is 12.1 Å². The number of hydrogen-bond acceptors (Lipinski definition) is 6. The fourth-order valence-electron chi connectivity index (χ4n) is 9.14. The summed E-state index contributed by atoms with van der Waals surface area (Å²) in [5.74, 6) is -1.04. The Labute approximate surface area is 465 Å². The van der Waals surface area contributed by atoms with Crippen LogP contribution in [0.2, 0.25) is 0 Å². The van der Waals surface area contributed by atoms with Gasteiger partial charge < -0.3 is 14.2 Å². The van der Waals surface area contributed by atoms with Gasteiger partial charge in [-0.1, -0.05) is 305 Å². The van der Waals surface area contributed by atoms with Crippen LogP contribution in [0.3, 0.4) is 0 Å². The SMILES string of the molecule is CC/C=C\C/C=C\C/C=C\C/C=C\C/C=C\CC(=O)OC(COC(=O)CCCCCCCCCCC)COC(=O)CCCCCCCCCCCCCCCCCCCCCCC/C=C\C/C=C\CCCCCCC. The molecule has 75 heavy (non-hydrogen) atoms. The molecule has 0 aromatic carbocycles. The number of allylic oxidation sites excluding steroid dienone is 13. The van der Waals surface area contributed by atoms with Crippen molar-refractivity contribution in [1.29, 1.82) is 0 Å². The number of ether oxygens (including phenoxy) is 3. The molecule has 1 unspecified atom stereocenters. The highest BCUT2D eigenvalue weighted by Gasteiger charge is 2.19. The summed E-state index contributed by atoms with van der Waals surface area (Å²) in [4.78, 5) is 38.0. The third-order valence-electron chi connectivity index (χ3n) is 13.9. The lowest BCUT2D eigenvalue weighted by atomic mass is 10.0. The Morgan fingerprint density at radius 1 is 0.293 bits per heavy atom. The topological polar surface area (TPSA) is 78.9 Å². The van der Waals surface area contributed by atoms with E-state index in [-0.39, 0.29) is 31.6 Å². The molecule has 0 saturated heterocycles. The lowest BCUT2D eigenvalue weighted by Gasteiger charge is -2.18. The number of hydrogen-bond donors (Lipinski definition) is 0. The summed E-state index contributed by atoms with van der Waals surface area (Å²) < 4.78 is 16.7. The van der Waals surface area contributed by atoms with Gasteiger partial charge in [0.25, 0.3) is 0 Å². The van der Waals surface area contributed by atoms with E-state index in [1.807, 2.05) is 6.08 Å². The van der Waals surface area contributed by atoms with Crippen molar-refractivity contribution >= 4 is 17.9 Å². The van der Waals surface area contributed by atoms with E-state index in [0.29, 0.717) is 12.8 Å². The zero-order valence-electron chi connectivity index (χ0n) is 49.6. The number of carbonyl (C=O) groups excluding carboxylic acids is 3. The van der Waals surface area contributed by atoms with Crippen LogP contribution in [0, 0.1) is 0 Å². The highest BCUT2D eigenvalue weighted by molar-refractivity contribution is 5.72. The zero-order valence-corrected chi connectivity index (χ0v) is 49.6. The van der Waals surface area contributed by atoms with Crippen LogP contribution in [0.1, 0.15) is 316 Å². The molecule has 0 aliphatic carbocycles. The van der Waals surface area contributed by atoms with Crippen LogP contribution in [0.5, 0.6) is 0 Å². The lowest BCUT2D eigenvalue weighted by molar-refractivity contribution is -0.166. The van der Waals surface area contributed by atoms with Crippen molar-refractivity contribution < 1.29 is 28.6 Å². The van der Waals surface area contributed by atoms with Gasteiger partial charge in [-0.3, -0.25) is 14.4 Å². The van der Waals surface area contributed by atoms with Gasteiger partial charge >= 0.3 is 17.9 Å². The van der Waals surface area contributed by atoms with Gasteiger partial charge in [-0.2, -0.15) is 0 Å². The Balaban J connectivity index is 4.09. The first-order valence-electron chi connectivity index (χ1n) is 32.1. The Kier molecular flexibility index (Phi) is 60.3. The minimum absolute atomic E-state index is 0.0994. The van der Waals surface area contributed by atoms with Crippen LogP contribution in [0.4, 0.5) is 0 Å². The Morgan fingerprint density at radius 2 is 0.560 bits per heavy atom. The highest BCUT2D eigenvalue weighted by atomic mass is 16.6. The average Bonchev–Trinajstić information content (AvgIpc) is 3.41. The van der Waals surface area contributed by atoms with E-state index in [1.54, 1.807) is 6.08 Å². The summed E-state index contributed by atoms with van der Waals surface area (Å²) in [6.07, 6.45) is 83.7. The van der Waals surface area contributed by atoms with E-state index in [4.69, 9.17) is 14.2 Å². The van der Waals surface area contributed by atoms with Gasteiger partial charge in [0, 0.05) is 12.8 Å². The zero-order chi connectivity index (χ0) is 54.3. The fourth-order valence-corrected chi connectivity index (χ4v) is 9.14. The van der Waals surface area contributed by atoms with Crippen LogP contribution < -0.4 is 0 Å². The summed E-state index contributed by atoms with van der Waals surface area (Å²) in [6.45, 7) is 6.43. The lowest BCUT2D eigenvalue weighted by Crippen LogP contribution is -2.30. The monoisotopic (exact) mass is 1040 g/mol. The van der Waals surface area contributed by atoms with Gasteiger partial charge in [0.05, 0.1) is 6.42 Å². The molecule has 6 nitrogen and oxygen atoms in total. The first-order valence-corrected chi connectivity index (χ1v) is 32.1. The van der Waals surface area contributed by atoms with Crippen molar-refractivity contribution in [3.8, 4) is 0 Å². The molecule has 0 radical (unpaired) electrons. The van der Waals surface area contributed by atoms with Crippen LogP contribution in [0.15, 0.2) is 85.1 Å². The van der Waals surface area contributed by atoms with Crippen LogP contribution in [0.25, 0.3) is 0 Å². The van der Waals surface area contributed by atoms with Crippen molar-refractivity contribution in [2.75, 3.05) is 13.2 Å². The van der Waals surface area contributed by atoms with Crippen LogP contribution in [-0.4, -0.2) is 37.2 Å². The standard InChI is InChI=1S/C69H120O6/c1-4-7-10-13-16-19-21-23-25-26-27-28-29-30-31-32-33-34-35-36-37-38-39-40-41-42-44-45-47-50-53-56-59-62-68(71)74-65-66(64-73-67(70)61-58-55-52-49-18-15-12-9-6-3)75-69(72)63-60-57-54-51-48-46-43-24-22-20-17-14-11-8-5-2/h8,11,17,20-21,23-24,26-27,43,48,51,57,60,66H,4-7,9-10,12-16,18-19,22,25,28-42,44-47,49-50,52-56,58-59,61-65H2,1-3H3/b11-8-,20-17-,23-21-,27-26-,43-24-,51-48-,60-57-. The largest absolute Gasteiger partial charge is 0.462 e. The third-order valence-corrected chi connectivity index (χ3v) is 13.9. The molecule has 0 aliphatic heterocycles. The average molecular weight is 1050 g/mol. The van der Waals surface area contributed by atoms with E-state index in [2.05, 4.69) is 93.7 Å². The Hall–Kier alpha value is -3.41. The predicted molar refractivity (Wildman–Crippen MR) is 325 cm³/mol. The van der Waals surface area contributed by atoms with Crippen molar-refractivity contribution in [1.82, 2.24) is 0 Å². The predicted octanol–water partition coefficient (Wildman–Crippen LogP) is 21.9. The molecule has 0 aromatic heterocycles. The summed E-state index contributed by atoms with van der Waals surface area (Å²) in [6, 6.07) is 0. The number of rotatable bonds is 58. The number of esters is 3. The maximum absolute atomic E-state index is 12.8. The van der Waals surface area contributed by atoms with Crippen LogP contribution >= 0.6 is 0 Å². The second kappa shape index (κ2) is 63.1. The van der Waals surface area contributed by atoms with Gasteiger partial charge in [0.15, 0.2) is 6.10 Å². The molecule has 0 spiro atoms. The molecule has 6 heteroatoms. The van der Waals surface area contributed by atoms with Crippen molar-refractivity contribution in [3.63, 3.8) is 0 Å². The van der Waals surface area contributed by atoms with Gasteiger partial charge in [0.2, 0.25) is 0 Å². The molecule has 0 aromatic rings. The second-order valence-corrected chi connectivity index (χ2v) is 21.3. The molecule has 0 heterocycles. The second-order valence-electron chi connectivity index (χ2n) is 21.3. The minimum Gasteiger partial charge on any atom is -0.462 e. The van der Waals surface area contributed by atoms with Crippen LogP contribution in [-0.2, 0) is 28.6 Å². The molecule has 0 N–H and O–H groups in total. The minimum atomic E-state index is -0.827. The van der Waals surface area contributed by atoms with Gasteiger partial charge in [-0.05, 0) is 77.0 Å². The normalized spacial score (nSPS) is 12.6. The maximum atomic E-state index is 12.8. The quantitative estimate of drug-likeness (QED) is 0.0261. The molecule has 0 bridgehead atoms. The van der Waals surface area contributed by atoms with Gasteiger partial charge in [-0.25, -0.2) is 0 Å². The van der Waals surface area contributed by atoms with Crippen molar-refractivity contribution in [2.24, 2.45) is 0 Å². The van der Waals surface area contributed by atoms with E-state index in [0.717, 1.165) is 77.0 Å². The summed E-state index contributed by atoms with van der Waals surface area (Å²) in [5, 5.41) is 0. The van der Waals surface area contributed by atoms with Crippen molar-refractivity contribution in [2.45, 2.75) is 322 Å². The summed E-state index contributed by atoms with van der Waals surface area (Å²) in [5.41, 5.74) is 0. The third kappa shape index (κ3) is 61.3. The summed E-state index contributed by atoms with van der Waals surface area (Å²) >= 11 is 0. The maximum Gasteiger partial charge on any atom is 0.310 e. The highest BCUT2D eigenvalue weighted by Crippen LogP contribution is 2.17. The van der Waals surface area contributed by atoms with Crippen molar-refractivity contribution in [3.05, 3.63) is 85.1 Å². The first kappa shape index (κ1) is 71.6. The molecule has 0 saturated carbocycles. The van der Waals surface area contributed by atoms with Gasteiger partial charge in [0.1, 0.15) is 13.2 Å². The molecule has 0 fully saturated rings. The first-order chi connectivity index (χ1) is 37.0. The van der Waals surface area contributed by atoms with E-state index in [1.165, 1.54) is 199 Å². The Morgan fingerprint density at radius 3 is 0.880 bits per heavy atom. The van der Waals surface area contributed by atoms with E-state index in [9.17, 15) is 14.4 Å². The molecule has 0 aliphatic rings. The number of unbranched alkanes of at least 4 members (excludes halogenated alkanes) is 34. The molecule has 1 atom stereocenters. The molecular formula is C69H120O6. The molecular weight excluding hydrogens is 925 g/mol. The fraction of sp³-hybridized carbons (Fsp3) is 0.754. The molecule has 432 valence electrons. The Bertz CT molecular complexity index is 1430. The van der Waals surface area contributed by atoms with Gasteiger partial charge in [-0.15, -0.1) is 0 Å². The smallest absolute Gasteiger partial charge is 0.310 e.